The minimum atomic E-state index is -4.66. The van der Waals surface area contributed by atoms with Gasteiger partial charge in [0, 0.05) is 24.1 Å². The summed E-state index contributed by atoms with van der Waals surface area (Å²) in [5.41, 5.74) is -0.170. The lowest BCUT2D eigenvalue weighted by Crippen LogP contribution is -2.33. The van der Waals surface area contributed by atoms with Gasteiger partial charge in [0.2, 0.25) is 0 Å². The average molecular weight is 492 g/mol. The van der Waals surface area contributed by atoms with Crippen molar-refractivity contribution < 1.29 is 31.1 Å². The van der Waals surface area contributed by atoms with Crippen molar-refractivity contribution in [1.82, 2.24) is 4.98 Å². The molecule has 2 N–H and O–H groups in total. The Kier molecular flexibility index (Phi) is 6.09. The number of methoxy groups -OCH3 is 1. The van der Waals surface area contributed by atoms with Crippen molar-refractivity contribution in [2.24, 2.45) is 0 Å². The maximum Gasteiger partial charge on any atom is 0.420 e. The number of urea groups is 1. The fraction of sp³-hybridized carbons (Fsp3) is 0.182. The highest BCUT2D eigenvalue weighted by Gasteiger charge is 2.37. The molecule has 1 aliphatic rings. The molecule has 0 fully saturated rings. The number of aromatic nitrogens is 1. The van der Waals surface area contributed by atoms with Gasteiger partial charge in [-0.1, -0.05) is 12.1 Å². The summed E-state index contributed by atoms with van der Waals surface area (Å²) in [7, 11) is -2.83. The Bertz CT molecular complexity index is 1330. The first-order chi connectivity index (χ1) is 16.1. The SMILES string of the molecule is COc1cc2c(cc1C(F)(F)F)N(C(=O)Nc1cccc(S(=O)(=O)Nc3ccccn3)c1)CC2. The number of anilines is 3. The Morgan fingerprint density at radius 1 is 1.12 bits per heavy atom. The van der Waals surface area contributed by atoms with Crippen LogP contribution in [0.2, 0.25) is 0 Å². The Hall–Kier alpha value is -3.80. The topological polar surface area (TPSA) is 101 Å². The number of amides is 2. The van der Waals surface area contributed by atoms with E-state index >= 15 is 0 Å². The molecule has 0 saturated carbocycles. The van der Waals surface area contributed by atoms with Gasteiger partial charge in [0.15, 0.2) is 0 Å². The number of nitrogens with one attached hydrogen (secondary N) is 2. The molecule has 1 aliphatic heterocycles. The van der Waals surface area contributed by atoms with Gasteiger partial charge in [-0.15, -0.1) is 0 Å². The number of fused-ring (bicyclic) bond motifs is 1. The number of nitrogens with zero attached hydrogens (tertiary/aromatic N) is 2. The van der Waals surface area contributed by atoms with E-state index in [1.165, 1.54) is 47.5 Å². The van der Waals surface area contributed by atoms with Gasteiger partial charge >= 0.3 is 12.2 Å². The lowest BCUT2D eigenvalue weighted by Gasteiger charge is -2.20. The van der Waals surface area contributed by atoms with Crippen LogP contribution < -0.4 is 19.7 Å². The highest BCUT2D eigenvalue weighted by molar-refractivity contribution is 7.92. The maximum atomic E-state index is 13.4. The van der Waals surface area contributed by atoms with Gasteiger partial charge in [0.05, 0.1) is 17.6 Å². The van der Waals surface area contributed by atoms with Gasteiger partial charge in [-0.25, -0.2) is 18.2 Å². The second-order valence-corrected chi connectivity index (χ2v) is 9.04. The van der Waals surface area contributed by atoms with Crippen LogP contribution in [0.25, 0.3) is 0 Å². The fourth-order valence-electron chi connectivity index (χ4n) is 3.57. The lowest BCUT2D eigenvalue weighted by molar-refractivity contribution is -0.138. The number of hydrogen-bond acceptors (Lipinski definition) is 5. The predicted octanol–water partition coefficient (Wildman–Crippen LogP) is 4.50. The number of alkyl halides is 3. The molecule has 34 heavy (non-hydrogen) atoms. The quantitative estimate of drug-likeness (QED) is 0.546. The number of rotatable bonds is 5. The molecule has 0 bridgehead atoms. The number of ether oxygens (including phenoxy) is 1. The van der Waals surface area contributed by atoms with Crippen molar-refractivity contribution in [3.63, 3.8) is 0 Å². The molecule has 178 valence electrons. The number of benzene rings is 2. The zero-order valence-corrected chi connectivity index (χ0v) is 18.6. The summed E-state index contributed by atoms with van der Waals surface area (Å²) in [5.74, 6) is -0.187. The standard InChI is InChI=1S/C22H19F3N4O4S/c1-33-19-11-14-8-10-29(18(14)13-17(19)22(23,24)25)21(30)27-15-5-4-6-16(12-15)34(31,32)28-20-7-2-3-9-26-20/h2-7,9,11-13H,8,10H2,1H3,(H,26,28)(H,27,30). The summed E-state index contributed by atoms with van der Waals surface area (Å²) in [6.45, 7) is 0.158. The molecule has 0 spiro atoms. The van der Waals surface area contributed by atoms with Crippen molar-refractivity contribution in [2.75, 3.05) is 28.6 Å². The van der Waals surface area contributed by atoms with E-state index in [-0.39, 0.29) is 34.4 Å². The van der Waals surface area contributed by atoms with Crippen molar-refractivity contribution in [3.05, 3.63) is 71.9 Å². The summed E-state index contributed by atoms with van der Waals surface area (Å²) in [6, 6.07) is 11.7. The van der Waals surface area contributed by atoms with E-state index in [1.807, 2.05) is 0 Å². The highest BCUT2D eigenvalue weighted by Crippen LogP contribution is 2.42. The van der Waals surface area contributed by atoms with Gasteiger partial charge in [-0.3, -0.25) is 9.62 Å². The molecule has 2 heterocycles. The molecule has 8 nitrogen and oxygen atoms in total. The average Bonchev–Trinajstić information content (AvgIpc) is 3.21. The van der Waals surface area contributed by atoms with Crippen LogP contribution in [-0.2, 0) is 22.6 Å². The van der Waals surface area contributed by atoms with Gasteiger partial charge in [0.1, 0.15) is 11.6 Å². The van der Waals surface area contributed by atoms with Crippen molar-refractivity contribution in [2.45, 2.75) is 17.5 Å². The highest BCUT2D eigenvalue weighted by atomic mass is 32.2. The first-order valence-electron chi connectivity index (χ1n) is 9.99. The van der Waals surface area contributed by atoms with Crippen LogP contribution >= 0.6 is 0 Å². The van der Waals surface area contributed by atoms with E-state index in [0.29, 0.717) is 12.0 Å². The zero-order chi connectivity index (χ0) is 24.5. The summed E-state index contributed by atoms with van der Waals surface area (Å²) < 4.78 is 72.8. The van der Waals surface area contributed by atoms with Crippen molar-refractivity contribution >= 4 is 33.2 Å². The van der Waals surface area contributed by atoms with Crippen molar-refractivity contribution in [1.29, 1.82) is 0 Å². The van der Waals surface area contributed by atoms with Gasteiger partial charge in [-0.05, 0) is 54.4 Å². The van der Waals surface area contributed by atoms with E-state index in [9.17, 15) is 26.4 Å². The second-order valence-electron chi connectivity index (χ2n) is 7.36. The summed E-state index contributed by atoms with van der Waals surface area (Å²) >= 11 is 0. The smallest absolute Gasteiger partial charge is 0.420 e. The van der Waals surface area contributed by atoms with Crippen LogP contribution in [0.15, 0.2) is 65.7 Å². The zero-order valence-electron chi connectivity index (χ0n) is 17.8. The van der Waals surface area contributed by atoms with Crippen LogP contribution in [-0.4, -0.2) is 33.1 Å². The molecule has 12 heteroatoms. The monoisotopic (exact) mass is 492 g/mol. The molecule has 4 rings (SSSR count). The molecule has 2 aromatic carbocycles. The number of sulfonamides is 1. The molecular weight excluding hydrogens is 473 g/mol. The second kappa shape index (κ2) is 8.86. The molecule has 0 aliphatic carbocycles. The van der Waals surface area contributed by atoms with Crippen LogP contribution in [0.3, 0.4) is 0 Å². The van der Waals surface area contributed by atoms with Gasteiger partial charge in [0.25, 0.3) is 10.0 Å². The molecule has 3 aromatic rings. The van der Waals surface area contributed by atoms with Crippen molar-refractivity contribution in [3.8, 4) is 5.75 Å². The van der Waals surface area contributed by atoms with Crippen LogP contribution in [0.1, 0.15) is 11.1 Å². The van der Waals surface area contributed by atoms with Crippen LogP contribution in [0.4, 0.5) is 35.2 Å². The molecule has 0 atom stereocenters. The molecular formula is C22H19F3N4O4S. The predicted molar refractivity (Wildman–Crippen MR) is 120 cm³/mol. The van der Waals surface area contributed by atoms with E-state index < -0.39 is 27.8 Å². The van der Waals surface area contributed by atoms with Crippen LogP contribution in [0.5, 0.6) is 5.75 Å². The van der Waals surface area contributed by atoms with Crippen LogP contribution in [0, 0.1) is 0 Å². The molecule has 0 unspecified atom stereocenters. The van der Waals surface area contributed by atoms with Gasteiger partial charge in [-0.2, -0.15) is 13.2 Å². The van der Waals surface area contributed by atoms with E-state index in [1.54, 1.807) is 12.1 Å². The minimum absolute atomic E-state index is 0.117. The largest absolute Gasteiger partial charge is 0.496 e. The third-order valence-corrected chi connectivity index (χ3v) is 6.50. The number of pyridine rings is 1. The first kappa shape index (κ1) is 23.4. The lowest BCUT2D eigenvalue weighted by atomic mass is 10.1. The molecule has 1 aromatic heterocycles. The fourth-order valence-corrected chi connectivity index (χ4v) is 4.62. The number of hydrogen-bond donors (Lipinski definition) is 2. The molecule has 0 saturated heterocycles. The Morgan fingerprint density at radius 2 is 1.91 bits per heavy atom. The third kappa shape index (κ3) is 4.76. The summed E-state index contributed by atoms with van der Waals surface area (Å²) in [5, 5.41) is 2.55. The molecule has 2 amide bonds. The Morgan fingerprint density at radius 3 is 2.59 bits per heavy atom. The minimum Gasteiger partial charge on any atom is -0.496 e. The molecule has 0 radical (unpaired) electrons. The summed E-state index contributed by atoms with van der Waals surface area (Å²) in [6.07, 6.45) is -2.88. The normalized spacial score (nSPS) is 13.4. The van der Waals surface area contributed by atoms with E-state index in [0.717, 1.165) is 13.2 Å². The Labute approximate surface area is 193 Å². The summed E-state index contributed by atoms with van der Waals surface area (Å²) in [4.78, 5) is 17.8. The van der Waals surface area contributed by atoms with E-state index in [4.69, 9.17) is 4.74 Å². The number of carbonyl (C=O) groups is 1. The van der Waals surface area contributed by atoms with Gasteiger partial charge < -0.3 is 10.1 Å². The maximum absolute atomic E-state index is 13.4. The first-order valence-corrected chi connectivity index (χ1v) is 11.5. The number of carbonyl (C=O) groups excluding carboxylic acids is 1. The third-order valence-electron chi connectivity index (χ3n) is 5.15. The number of halogens is 3. The van der Waals surface area contributed by atoms with E-state index in [2.05, 4.69) is 15.0 Å². The Balaban J connectivity index is 1.56.